The van der Waals surface area contributed by atoms with Crippen LogP contribution in [0, 0.1) is 17.8 Å². The van der Waals surface area contributed by atoms with Gasteiger partial charge in [-0.05, 0) is 74.5 Å². The number of carboxylic acids is 1. The lowest BCUT2D eigenvalue weighted by Gasteiger charge is -2.36. The van der Waals surface area contributed by atoms with Gasteiger partial charge >= 0.3 is 5.97 Å². The standard InChI is InChI=1S/C34H58N4O6Si/c1-21(2)29(33(42)43)37-31(40)28(19-26-13-15-27(16-14-26)44-45(11,12)34(7,8)9)38(10)32(41)25(6)36-30(39)24(5)18-22(3)17-23(4)20-35/h13-17,21,23-25,28-29H,18-20,35H2,1-12H3,(H,36,39)(H,37,40)(H,42,43)/b22-17+/t23-,24-,25-,28+,29-/m0/s1. The molecule has 254 valence electrons. The highest BCUT2D eigenvalue weighted by atomic mass is 28.4. The summed E-state index contributed by atoms with van der Waals surface area (Å²) in [6.07, 6.45) is 2.71. The summed E-state index contributed by atoms with van der Waals surface area (Å²) in [5.74, 6) is -2.29. The van der Waals surface area contributed by atoms with Gasteiger partial charge in [-0.1, -0.05) is 72.2 Å². The molecule has 0 saturated heterocycles. The van der Waals surface area contributed by atoms with Crippen molar-refractivity contribution in [3.63, 3.8) is 0 Å². The Hall–Kier alpha value is -3.18. The first-order valence-electron chi connectivity index (χ1n) is 15.9. The monoisotopic (exact) mass is 646 g/mol. The number of nitrogens with two attached hydrogens (primary N) is 1. The lowest BCUT2D eigenvalue weighted by Crippen LogP contribution is -2.57. The predicted molar refractivity (Wildman–Crippen MR) is 182 cm³/mol. The third-order valence-corrected chi connectivity index (χ3v) is 13.0. The number of nitrogens with one attached hydrogen (secondary N) is 2. The van der Waals surface area contributed by atoms with Crippen LogP contribution >= 0.6 is 0 Å². The number of nitrogens with zero attached hydrogens (tertiary/aromatic N) is 1. The molecule has 0 aliphatic rings. The highest BCUT2D eigenvalue weighted by Crippen LogP contribution is 2.37. The number of benzene rings is 1. The molecule has 0 spiro atoms. The summed E-state index contributed by atoms with van der Waals surface area (Å²) >= 11 is 0. The van der Waals surface area contributed by atoms with Crippen LogP contribution in [0.15, 0.2) is 35.9 Å². The van der Waals surface area contributed by atoms with Crippen molar-refractivity contribution in [2.75, 3.05) is 13.6 Å². The van der Waals surface area contributed by atoms with E-state index >= 15 is 0 Å². The molecule has 0 heterocycles. The first-order chi connectivity index (χ1) is 20.6. The van der Waals surface area contributed by atoms with Crippen LogP contribution in [0.1, 0.15) is 74.3 Å². The Morgan fingerprint density at radius 3 is 2.02 bits per heavy atom. The quantitative estimate of drug-likeness (QED) is 0.150. The Labute approximate surface area is 271 Å². The fourth-order valence-electron chi connectivity index (χ4n) is 4.61. The number of hydrogen-bond acceptors (Lipinski definition) is 6. The van der Waals surface area contributed by atoms with Crippen molar-refractivity contribution in [3.8, 4) is 5.75 Å². The maximum Gasteiger partial charge on any atom is 0.326 e. The first kappa shape index (κ1) is 39.8. The van der Waals surface area contributed by atoms with Gasteiger partial charge in [0.2, 0.25) is 26.0 Å². The molecule has 0 saturated carbocycles. The Kier molecular flexibility index (Phi) is 15.0. The highest BCUT2D eigenvalue weighted by molar-refractivity contribution is 6.74. The van der Waals surface area contributed by atoms with Crippen LogP contribution < -0.4 is 20.8 Å². The van der Waals surface area contributed by atoms with Crippen molar-refractivity contribution in [1.82, 2.24) is 15.5 Å². The summed E-state index contributed by atoms with van der Waals surface area (Å²) in [5.41, 5.74) is 7.52. The second-order valence-corrected chi connectivity index (χ2v) is 19.0. The summed E-state index contributed by atoms with van der Waals surface area (Å²) in [6, 6.07) is 4.36. The van der Waals surface area contributed by atoms with E-state index in [4.69, 9.17) is 10.2 Å². The molecule has 1 aromatic carbocycles. The van der Waals surface area contributed by atoms with E-state index in [0.717, 1.165) is 16.9 Å². The molecule has 0 aliphatic carbocycles. The summed E-state index contributed by atoms with van der Waals surface area (Å²) < 4.78 is 6.38. The number of hydrogen-bond donors (Lipinski definition) is 4. The third kappa shape index (κ3) is 12.3. The number of likely N-dealkylation sites (N-methyl/N-ethyl adjacent to an activating group) is 1. The molecule has 0 fully saturated rings. The number of carbonyl (C=O) groups excluding carboxylic acids is 3. The number of carbonyl (C=O) groups is 4. The summed E-state index contributed by atoms with van der Waals surface area (Å²) in [6.45, 7) is 22.1. The van der Waals surface area contributed by atoms with Crippen molar-refractivity contribution in [2.45, 2.75) is 111 Å². The van der Waals surface area contributed by atoms with Gasteiger partial charge in [0.15, 0.2) is 0 Å². The van der Waals surface area contributed by atoms with Gasteiger partial charge in [-0.2, -0.15) is 0 Å². The largest absolute Gasteiger partial charge is 0.544 e. The number of allylic oxidation sites excluding steroid dienone is 1. The smallest absolute Gasteiger partial charge is 0.326 e. The molecule has 5 N–H and O–H groups in total. The van der Waals surface area contributed by atoms with Crippen molar-refractivity contribution in [1.29, 1.82) is 0 Å². The van der Waals surface area contributed by atoms with Gasteiger partial charge in [0.05, 0.1) is 0 Å². The van der Waals surface area contributed by atoms with Crippen LogP contribution in [-0.4, -0.2) is 73.7 Å². The average molecular weight is 647 g/mol. The predicted octanol–water partition coefficient (Wildman–Crippen LogP) is 4.74. The van der Waals surface area contributed by atoms with E-state index in [1.54, 1.807) is 27.7 Å². The Morgan fingerprint density at radius 2 is 1.56 bits per heavy atom. The third-order valence-electron chi connectivity index (χ3n) is 8.63. The molecular formula is C34H58N4O6Si. The molecule has 0 unspecified atom stereocenters. The molecule has 5 atom stereocenters. The van der Waals surface area contributed by atoms with E-state index in [9.17, 15) is 24.3 Å². The van der Waals surface area contributed by atoms with E-state index in [1.807, 2.05) is 44.2 Å². The van der Waals surface area contributed by atoms with E-state index in [2.05, 4.69) is 44.5 Å². The van der Waals surface area contributed by atoms with Crippen LogP contribution in [0.25, 0.3) is 0 Å². The zero-order valence-electron chi connectivity index (χ0n) is 29.5. The molecule has 0 aliphatic heterocycles. The number of rotatable bonds is 16. The fraction of sp³-hybridized carbons (Fsp3) is 0.647. The number of amides is 3. The van der Waals surface area contributed by atoms with Crippen LogP contribution in [0.3, 0.4) is 0 Å². The SMILES string of the molecule is C/C(=C\[C@H](C)CN)C[C@H](C)C(=O)N[C@@H](C)C(=O)N(C)[C@H](Cc1ccc(O[Si](C)(C)C(C)(C)C)cc1)C(=O)N[C@H](C(=O)O)C(C)C. The van der Waals surface area contributed by atoms with Gasteiger partial charge in [-0.3, -0.25) is 14.4 Å². The zero-order chi connectivity index (χ0) is 34.9. The average Bonchev–Trinajstić information content (AvgIpc) is 2.92. The maximum absolute atomic E-state index is 13.6. The van der Waals surface area contributed by atoms with Gasteiger partial charge in [0.1, 0.15) is 23.9 Å². The summed E-state index contributed by atoms with van der Waals surface area (Å²) in [5, 5.41) is 15.1. The summed E-state index contributed by atoms with van der Waals surface area (Å²) in [4.78, 5) is 53.3. The topological polar surface area (TPSA) is 151 Å². The molecule has 0 radical (unpaired) electrons. The normalized spacial score (nSPS) is 15.8. The Balaban J connectivity index is 3.21. The lowest BCUT2D eigenvalue weighted by molar-refractivity contribution is -0.146. The van der Waals surface area contributed by atoms with Gasteiger partial charge < -0.3 is 30.8 Å². The lowest BCUT2D eigenvalue weighted by atomic mass is 9.98. The van der Waals surface area contributed by atoms with Crippen LogP contribution in [-0.2, 0) is 25.6 Å². The molecule has 0 bridgehead atoms. The second-order valence-electron chi connectivity index (χ2n) is 14.3. The highest BCUT2D eigenvalue weighted by Gasteiger charge is 2.39. The van der Waals surface area contributed by atoms with Crippen LogP contribution in [0.4, 0.5) is 0 Å². The van der Waals surface area contributed by atoms with Crippen molar-refractivity contribution in [2.24, 2.45) is 23.5 Å². The molecule has 11 heteroatoms. The minimum atomic E-state index is -2.05. The van der Waals surface area contributed by atoms with E-state index in [-0.39, 0.29) is 35.1 Å². The van der Waals surface area contributed by atoms with E-state index in [1.165, 1.54) is 11.9 Å². The van der Waals surface area contributed by atoms with Gasteiger partial charge in [-0.25, -0.2) is 4.79 Å². The molecule has 0 aromatic heterocycles. The second kappa shape index (κ2) is 16.9. The number of carboxylic acid groups (broad SMARTS) is 1. The van der Waals surface area contributed by atoms with Crippen LogP contribution in [0.5, 0.6) is 5.75 Å². The van der Waals surface area contributed by atoms with Crippen LogP contribution in [0.2, 0.25) is 18.1 Å². The molecule has 45 heavy (non-hydrogen) atoms. The van der Waals surface area contributed by atoms with Gasteiger partial charge in [-0.15, -0.1) is 0 Å². The molecule has 1 aromatic rings. The summed E-state index contributed by atoms with van der Waals surface area (Å²) in [7, 11) is -0.554. The minimum absolute atomic E-state index is 0.0253. The van der Waals surface area contributed by atoms with E-state index in [0.29, 0.717) is 13.0 Å². The zero-order valence-corrected chi connectivity index (χ0v) is 30.5. The van der Waals surface area contributed by atoms with Gasteiger partial charge in [0, 0.05) is 19.4 Å². The molecular weight excluding hydrogens is 588 g/mol. The van der Waals surface area contributed by atoms with Crippen molar-refractivity contribution < 1.29 is 28.7 Å². The molecule has 1 rings (SSSR count). The minimum Gasteiger partial charge on any atom is -0.544 e. The fourth-order valence-corrected chi connectivity index (χ4v) is 5.64. The van der Waals surface area contributed by atoms with Crippen molar-refractivity contribution >= 4 is 32.0 Å². The molecule has 10 nitrogen and oxygen atoms in total. The van der Waals surface area contributed by atoms with Gasteiger partial charge in [0.25, 0.3) is 0 Å². The first-order valence-corrected chi connectivity index (χ1v) is 18.8. The maximum atomic E-state index is 13.6. The molecule has 3 amide bonds. The Morgan fingerprint density at radius 1 is 1.00 bits per heavy atom. The van der Waals surface area contributed by atoms with E-state index < -0.39 is 44.2 Å². The van der Waals surface area contributed by atoms with Crippen molar-refractivity contribution in [3.05, 3.63) is 41.5 Å². The number of aliphatic carboxylic acids is 1. The Bertz CT molecular complexity index is 1190.